The summed E-state index contributed by atoms with van der Waals surface area (Å²) in [7, 11) is 1.54. The summed E-state index contributed by atoms with van der Waals surface area (Å²) in [5, 5.41) is 0. The van der Waals surface area contributed by atoms with Crippen molar-refractivity contribution in [3.05, 3.63) is 48.0 Å². The number of nitrogens with one attached hydrogen (secondary N) is 1. The van der Waals surface area contributed by atoms with E-state index in [4.69, 9.17) is 4.84 Å². The molecule has 1 aromatic carbocycles. The normalized spacial score (nSPS) is 21.1. The summed E-state index contributed by atoms with van der Waals surface area (Å²) in [5.41, 5.74) is 4.35. The molecule has 2 unspecified atom stereocenters. The van der Waals surface area contributed by atoms with Crippen molar-refractivity contribution in [1.82, 2.24) is 9.97 Å². The van der Waals surface area contributed by atoms with Crippen LogP contribution in [0.5, 0.6) is 0 Å². The summed E-state index contributed by atoms with van der Waals surface area (Å²) in [6.45, 7) is 3.05. The summed E-state index contributed by atoms with van der Waals surface area (Å²) >= 11 is 0. The fourth-order valence-corrected chi connectivity index (χ4v) is 2.94. The predicted molar refractivity (Wildman–Crippen MR) is 82.9 cm³/mol. The standard InChI is InChI=1S/C16H19FN4O/c1-11-6-15(12-4-3-5-13(17)7-12)21(10-11)16-18-8-14(9-19-16)20-22-2/h3-5,7-9,11,15,20H,6,10H2,1-2H3. The lowest BCUT2D eigenvalue weighted by molar-refractivity contribution is 0.270. The Kier molecular flexibility index (Phi) is 4.20. The zero-order valence-electron chi connectivity index (χ0n) is 12.7. The Morgan fingerprint density at radius 1 is 1.32 bits per heavy atom. The van der Waals surface area contributed by atoms with Gasteiger partial charge < -0.3 is 4.90 Å². The van der Waals surface area contributed by atoms with Crippen molar-refractivity contribution < 1.29 is 9.23 Å². The van der Waals surface area contributed by atoms with E-state index in [-0.39, 0.29) is 11.9 Å². The molecule has 3 rings (SSSR count). The van der Waals surface area contributed by atoms with Crippen molar-refractivity contribution >= 4 is 11.6 Å². The van der Waals surface area contributed by atoms with E-state index in [1.165, 1.54) is 13.2 Å². The maximum absolute atomic E-state index is 13.5. The third kappa shape index (κ3) is 3.01. The van der Waals surface area contributed by atoms with Crippen LogP contribution < -0.4 is 10.4 Å². The van der Waals surface area contributed by atoms with Crippen molar-refractivity contribution in [3.63, 3.8) is 0 Å². The molecular formula is C16H19FN4O. The molecule has 22 heavy (non-hydrogen) atoms. The van der Waals surface area contributed by atoms with Gasteiger partial charge in [0.05, 0.1) is 31.2 Å². The SMILES string of the molecule is CONc1cnc(N2CC(C)CC2c2cccc(F)c2)nc1. The Hall–Kier alpha value is -2.21. The second-order valence-electron chi connectivity index (χ2n) is 5.64. The largest absolute Gasteiger partial charge is 0.334 e. The smallest absolute Gasteiger partial charge is 0.225 e. The minimum absolute atomic E-state index is 0.104. The number of aromatic nitrogens is 2. The molecule has 1 aromatic heterocycles. The highest BCUT2D eigenvalue weighted by Crippen LogP contribution is 2.37. The Balaban J connectivity index is 1.87. The highest BCUT2D eigenvalue weighted by molar-refractivity contribution is 5.43. The van der Waals surface area contributed by atoms with Gasteiger partial charge in [-0.3, -0.25) is 10.3 Å². The number of nitrogens with zero attached hydrogens (tertiary/aromatic N) is 3. The Morgan fingerprint density at radius 3 is 2.77 bits per heavy atom. The van der Waals surface area contributed by atoms with Crippen LogP contribution in [0.15, 0.2) is 36.7 Å². The van der Waals surface area contributed by atoms with Gasteiger partial charge in [0.15, 0.2) is 0 Å². The van der Waals surface area contributed by atoms with Crippen LogP contribution >= 0.6 is 0 Å². The lowest BCUT2D eigenvalue weighted by atomic mass is 10.0. The number of halogens is 1. The molecule has 0 saturated carbocycles. The van der Waals surface area contributed by atoms with Gasteiger partial charge in [-0.25, -0.2) is 14.4 Å². The molecule has 1 aliphatic rings. The first-order valence-electron chi connectivity index (χ1n) is 7.30. The van der Waals surface area contributed by atoms with Crippen molar-refractivity contribution in [2.24, 2.45) is 5.92 Å². The molecule has 0 bridgehead atoms. The van der Waals surface area contributed by atoms with Crippen LogP contribution in [-0.2, 0) is 4.84 Å². The van der Waals surface area contributed by atoms with E-state index in [9.17, 15) is 4.39 Å². The molecule has 1 fully saturated rings. The first-order chi connectivity index (χ1) is 10.7. The maximum atomic E-state index is 13.5. The third-order valence-corrected chi connectivity index (χ3v) is 3.86. The molecule has 6 heteroatoms. The van der Waals surface area contributed by atoms with Gasteiger partial charge in [0.25, 0.3) is 0 Å². The summed E-state index contributed by atoms with van der Waals surface area (Å²) in [6, 6.07) is 6.87. The van der Waals surface area contributed by atoms with Crippen molar-refractivity contribution in [3.8, 4) is 0 Å². The van der Waals surface area contributed by atoms with Crippen LogP contribution in [-0.4, -0.2) is 23.6 Å². The van der Waals surface area contributed by atoms with Gasteiger partial charge in [-0.05, 0) is 30.0 Å². The van der Waals surface area contributed by atoms with E-state index >= 15 is 0 Å². The predicted octanol–water partition coefficient (Wildman–Crippen LogP) is 3.18. The van der Waals surface area contributed by atoms with Crippen molar-refractivity contribution in [2.45, 2.75) is 19.4 Å². The molecule has 2 aromatic rings. The van der Waals surface area contributed by atoms with Gasteiger partial charge in [0.2, 0.25) is 5.95 Å². The number of hydrogen-bond donors (Lipinski definition) is 1. The summed E-state index contributed by atoms with van der Waals surface area (Å²) in [6.07, 6.45) is 4.32. The molecule has 2 heterocycles. The fraction of sp³-hybridized carbons (Fsp3) is 0.375. The quantitative estimate of drug-likeness (QED) is 0.879. The number of hydrogen-bond acceptors (Lipinski definition) is 5. The molecule has 5 nitrogen and oxygen atoms in total. The first-order valence-corrected chi connectivity index (χ1v) is 7.30. The van der Waals surface area contributed by atoms with Crippen LogP contribution in [0.4, 0.5) is 16.0 Å². The van der Waals surface area contributed by atoms with Gasteiger partial charge >= 0.3 is 0 Å². The molecule has 1 N–H and O–H groups in total. The van der Waals surface area contributed by atoms with Gasteiger partial charge in [0, 0.05) is 6.54 Å². The van der Waals surface area contributed by atoms with Crippen LogP contribution in [0, 0.1) is 11.7 Å². The topological polar surface area (TPSA) is 50.3 Å². The lowest BCUT2D eigenvalue weighted by Gasteiger charge is -2.25. The lowest BCUT2D eigenvalue weighted by Crippen LogP contribution is -2.25. The highest BCUT2D eigenvalue weighted by Gasteiger charge is 2.32. The van der Waals surface area contributed by atoms with Crippen LogP contribution in [0.25, 0.3) is 0 Å². The molecule has 116 valence electrons. The second kappa shape index (κ2) is 6.27. The van der Waals surface area contributed by atoms with Crippen LogP contribution in [0.1, 0.15) is 24.9 Å². The third-order valence-electron chi connectivity index (χ3n) is 3.86. The number of benzene rings is 1. The molecule has 2 atom stereocenters. The van der Waals surface area contributed by atoms with E-state index < -0.39 is 0 Å². The summed E-state index contributed by atoms with van der Waals surface area (Å²) in [5.74, 6) is 0.950. The molecule has 0 radical (unpaired) electrons. The number of rotatable bonds is 4. The van der Waals surface area contributed by atoms with Gasteiger partial charge in [-0.2, -0.15) is 0 Å². The summed E-state index contributed by atoms with van der Waals surface area (Å²) < 4.78 is 13.5. The monoisotopic (exact) mass is 302 g/mol. The molecule has 0 spiro atoms. The van der Waals surface area contributed by atoms with E-state index in [0.717, 1.165) is 18.5 Å². The number of anilines is 2. The molecule has 1 saturated heterocycles. The first kappa shape index (κ1) is 14.7. The maximum Gasteiger partial charge on any atom is 0.225 e. The zero-order chi connectivity index (χ0) is 15.5. The Bertz CT molecular complexity index is 634. The van der Waals surface area contributed by atoms with E-state index in [1.54, 1.807) is 24.5 Å². The highest BCUT2D eigenvalue weighted by atomic mass is 19.1. The van der Waals surface area contributed by atoms with Crippen LogP contribution in [0.3, 0.4) is 0 Å². The van der Waals surface area contributed by atoms with E-state index in [1.807, 2.05) is 6.07 Å². The fourth-order valence-electron chi connectivity index (χ4n) is 2.94. The van der Waals surface area contributed by atoms with Crippen molar-refractivity contribution in [1.29, 1.82) is 0 Å². The Labute approximate surface area is 129 Å². The molecule has 0 amide bonds. The molecular weight excluding hydrogens is 283 g/mol. The average Bonchev–Trinajstić information content (AvgIpc) is 2.90. The van der Waals surface area contributed by atoms with Crippen molar-refractivity contribution in [2.75, 3.05) is 24.0 Å². The zero-order valence-corrected chi connectivity index (χ0v) is 12.7. The Morgan fingerprint density at radius 2 is 2.09 bits per heavy atom. The summed E-state index contributed by atoms with van der Waals surface area (Å²) in [4.78, 5) is 15.7. The molecule has 0 aliphatic carbocycles. The minimum Gasteiger partial charge on any atom is -0.334 e. The van der Waals surface area contributed by atoms with E-state index in [2.05, 4.69) is 27.3 Å². The average molecular weight is 302 g/mol. The molecule has 1 aliphatic heterocycles. The van der Waals surface area contributed by atoms with Gasteiger partial charge in [-0.1, -0.05) is 19.1 Å². The minimum atomic E-state index is -0.211. The van der Waals surface area contributed by atoms with Gasteiger partial charge in [0.1, 0.15) is 5.82 Å². The second-order valence-corrected chi connectivity index (χ2v) is 5.64. The van der Waals surface area contributed by atoms with E-state index in [0.29, 0.717) is 17.6 Å². The van der Waals surface area contributed by atoms with Crippen LogP contribution in [0.2, 0.25) is 0 Å². The van der Waals surface area contributed by atoms with Gasteiger partial charge in [-0.15, -0.1) is 0 Å².